The average molecular weight is 397 g/mol. The van der Waals surface area contributed by atoms with E-state index in [0.717, 1.165) is 0 Å². The summed E-state index contributed by atoms with van der Waals surface area (Å²) < 4.78 is 11.1. The summed E-state index contributed by atoms with van der Waals surface area (Å²) in [5, 5.41) is 0.357. The number of methoxy groups -OCH3 is 1. The number of rotatable bonds is 6. The molecule has 0 unspecified atom stereocenters. The first kappa shape index (κ1) is 21.4. The van der Waals surface area contributed by atoms with Gasteiger partial charge in [0.15, 0.2) is 11.5 Å². The number of halogens is 1. The molecule has 0 aliphatic carbocycles. The maximum absolute atomic E-state index is 12.9. The number of likely N-dealkylation sites (tertiary alicyclic amines) is 1. The Morgan fingerprint density at radius 2 is 1.89 bits per heavy atom. The lowest BCUT2D eigenvalue weighted by Gasteiger charge is -2.32. The molecule has 0 N–H and O–H groups in total. The van der Waals surface area contributed by atoms with E-state index < -0.39 is 0 Å². The number of benzene rings is 1. The van der Waals surface area contributed by atoms with E-state index in [1.165, 1.54) is 7.11 Å². The van der Waals surface area contributed by atoms with Gasteiger partial charge < -0.3 is 19.3 Å². The van der Waals surface area contributed by atoms with Crippen molar-refractivity contribution in [1.82, 2.24) is 9.80 Å². The number of ether oxygens (including phenoxy) is 2. The van der Waals surface area contributed by atoms with Crippen molar-refractivity contribution in [2.24, 2.45) is 11.8 Å². The molecule has 0 bridgehead atoms. The van der Waals surface area contributed by atoms with Crippen molar-refractivity contribution in [3.8, 4) is 11.5 Å². The van der Waals surface area contributed by atoms with Gasteiger partial charge in [0.25, 0.3) is 5.91 Å². The minimum absolute atomic E-state index is 0.0195. The summed E-state index contributed by atoms with van der Waals surface area (Å²) >= 11 is 6.35. The highest BCUT2D eigenvalue weighted by atomic mass is 35.5. The average Bonchev–Trinajstić information content (AvgIpc) is 2.65. The van der Waals surface area contributed by atoms with Crippen molar-refractivity contribution < 1.29 is 19.1 Å². The molecule has 27 heavy (non-hydrogen) atoms. The van der Waals surface area contributed by atoms with Crippen LogP contribution in [-0.4, -0.2) is 62.5 Å². The van der Waals surface area contributed by atoms with E-state index in [2.05, 4.69) is 0 Å². The van der Waals surface area contributed by atoms with E-state index in [0.29, 0.717) is 60.5 Å². The molecule has 2 rings (SSSR count). The predicted molar refractivity (Wildman–Crippen MR) is 106 cm³/mol. The topological polar surface area (TPSA) is 59.1 Å². The standard InChI is InChI=1S/C20H29ClN2O4/c1-13(2)12-27-18-16(21)10-15(11-17(18)26-5)20(25)23-8-6-14(7-9-23)19(24)22(3)4/h10-11,13-14H,6-9,12H2,1-5H3. The molecule has 1 heterocycles. The van der Waals surface area contributed by atoms with E-state index in [-0.39, 0.29) is 17.7 Å². The molecule has 1 aromatic carbocycles. The van der Waals surface area contributed by atoms with Gasteiger partial charge in [-0.05, 0) is 30.9 Å². The van der Waals surface area contributed by atoms with Crippen LogP contribution in [0.15, 0.2) is 12.1 Å². The number of piperidine rings is 1. The number of nitrogens with zero attached hydrogens (tertiary/aromatic N) is 2. The van der Waals surface area contributed by atoms with E-state index >= 15 is 0 Å². The highest BCUT2D eigenvalue weighted by Crippen LogP contribution is 2.37. The second-order valence-corrected chi connectivity index (χ2v) is 7.90. The maximum atomic E-state index is 12.9. The number of hydrogen-bond acceptors (Lipinski definition) is 4. The number of hydrogen-bond donors (Lipinski definition) is 0. The molecule has 150 valence electrons. The Morgan fingerprint density at radius 3 is 2.41 bits per heavy atom. The summed E-state index contributed by atoms with van der Waals surface area (Å²) in [6, 6.07) is 3.29. The van der Waals surface area contributed by atoms with Crippen LogP contribution < -0.4 is 9.47 Å². The van der Waals surface area contributed by atoms with Crippen LogP contribution in [0.4, 0.5) is 0 Å². The smallest absolute Gasteiger partial charge is 0.254 e. The van der Waals surface area contributed by atoms with Gasteiger partial charge in [-0.1, -0.05) is 25.4 Å². The van der Waals surface area contributed by atoms with Crippen LogP contribution in [0.25, 0.3) is 0 Å². The van der Waals surface area contributed by atoms with Crippen molar-refractivity contribution >= 4 is 23.4 Å². The molecule has 1 aromatic rings. The van der Waals surface area contributed by atoms with Crippen LogP contribution in [-0.2, 0) is 4.79 Å². The third-order valence-electron chi connectivity index (χ3n) is 4.61. The minimum atomic E-state index is -0.110. The number of carbonyl (C=O) groups is 2. The summed E-state index contributed by atoms with van der Waals surface area (Å²) in [5.41, 5.74) is 0.464. The molecule has 0 radical (unpaired) electrons. The first-order valence-corrected chi connectivity index (χ1v) is 9.63. The monoisotopic (exact) mass is 396 g/mol. The summed E-state index contributed by atoms with van der Waals surface area (Å²) in [4.78, 5) is 28.4. The first-order chi connectivity index (χ1) is 12.7. The predicted octanol–water partition coefficient (Wildman–Crippen LogP) is 3.32. The molecule has 7 heteroatoms. The lowest BCUT2D eigenvalue weighted by Crippen LogP contribution is -2.42. The molecule has 1 fully saturated rings. The molecule has 2 amide bonds. The van der Waals surface area contributed by atoms with Gasteiger partial charge in [0.2, 0.25) is 5.91 Å². The molecular formula is C20H29ClN2O4. The number of carbonyl (C=O) groups excluding carboxylic acids is 2. The zero-order valence-electron chi connectivity index (χ0n) is 16.8. The second-order valence-electron chi connectivity index (χ2n) is 7.49. The van der Waals surface area contributed by atoms with Crippen LogP contribution in [0.1, 0.15) is 37.0 Å². The maximum Gasteiger partial charge on any atom is 0.254 e. The lowest BCUT2D eigenvalue weighted by molar-refractivity contribution is -0.134. The third kappa shape index (κ3) is 5.28. The van der Waals surface area contributed by atoms with Gasteiger partial charge in [0.05, 0.1) is 18.7 Å². The van der Waals surface area contributed by atoms with Gasteiger partial charge in [-0.15, -0.1) is 0 Å². The number of amides is 2. The van der Waals surface area contributed by atoms with Crippen molar-refractivity contribution in [3.05, 3.63) is 22.7 Å². The highest BCUT2D eigenvalue weighted by molar-refractivity contribution is 6.32. The van der Waals surface area contributed by atoms with Crippen LogP contribution in [0.3, 0.4) is 0 Å². The van der Waals surface area contributed by atoms with Crippen molar-refractivity contribution in [1.29, 1.82) is 0 Å². The van der Waals surface area contributed by atoms with Crippen LogP contribution in [0, 0.1) is 11.8 Å². The van der Waals surface area contributed by atoms with Gasteiger partial charge in [-0.25, -0.2) is 0 Å². The van der Waals surface area contributed by atoms with Crippen molar-refractivity contribution in [2.45, 2.75) is 26.7 Å². The molecule has 1 saturated heterocycles. The Morgan fingerprint density at radius 1 is 1.26 bits per heavy atom. The van der Waals surface area contributed by atoms with Gasteiger partial charge in [-0.2, -0.15) is 0 Å². The van der Waals surface area contributed by atoms with Gasteiger partial charge >= 0.3 is 0 Å². The van der Waals surface area contributed by atoms with E-state index in [4.69, 9.17) is 21.1 Å². The summed E-state index contributed by atoms with van der Waals surface area (Å²) in [7, 11) is 5.05. The molecule has 6 nitrogen and oxygen atoms in total. The minimum Gasteiger partial charge on any atom is -0.493 e. The quantitative estimate of drug-likeness (QED) is 0.740. The lowest BCUT2D eigenvalue weighted by atomic mass is 9.95. The van der Waals surface area contributed by atoms with Crippen LogP contribution >= 0.6 is 11.6 Å². The zero-order valence-corrected chi connectivity index (χ0v) is 17.5. The van der Waals surface area contributed by atoms with Crippen molar-refractivity contribution in [3.63, 3.8) is 0 Å². The molecular weight excluding hydrogens is 368 g/mol. The second kappa shape index (κ2) is 9.31. The normalized spacial score (nSPS) is 15.0. The van der Waals surface area contributed by atoms with Gasteiger partial charge in [0, 0.05) is 38.7 Å². The van der Waals surface area contributed by atoms with Crippen LogP contribution in [0.2, 0.25) is 5.02 Å². The van der Waals surface area contributed by atoms with Crippen LogP contribution in [0.5, 0.6) is 11.5 Å². The Labute approximate surface area is 166 Å². The summed E-state index contributed by atoms with van der Waals surface area (Å²) in [5.74, 6) is 1.25. The Bertz CT molecular complexity index is 683. The largest absolute Gasteiger partial charge is 0.493 e. The van der Waals surface area contributed by atoms with E-state index in [9.17, 15) is 9.59 Å². The molecule has 0 spiro atoms. The molecule has 1 aliphatic rings. The molecule has 0 saturated carbocycles. The zero-order chi connectivity index (χ0) is 20.1. The fraction of sp³-hybridized carbons (Fsp3) is 0.600. The summed E-state index contributed by atoms with van der Waals surface area (Å²) in [6.07, 6.45) is 1.34. The van der Waals surface area contributed by atoms with Gasteiger partial charge in [0.1, 0.15) is 0 Å². The fourth-order valence-corrected chi connectivity index (χ4v) is 3.38. The van der Waals surface area contributed by atoms with E-state index in [1.807, 2.05) is 13.8 Å². The fourth-order valence-electron chi connectivity index (χ4n) is 3.11. The highest BCUT2D eigenvalue weighted by Gasteiger charge is 2.29. The van der Waals surface area contributed by atoms with E-state index in [1.54, 1.807) is 36.0 Å². The van der Waals surface area contributed by atoms with Gasteiger partial charge in [-0.3, -0.25) is 9.59 Å². The molecule has 0 atom stereocenters. The molecule has 0 aromatic heterocycles. The molecule has 1 aliphatic heterocycles. The third-order valence-corrected chi connectivity index (χ3v) is 4.89. The SMILES string of the molecule is COc1cc(C(=O)N2CCC(C(=O)N(C)C)CC2)cc(Cl)c1OCC(C)C. The Kier molecular flexibility index (Phi) is 7.36. The first-order valence-electron chi connectivity index (χ1n) is 9.25. The van der Waals surface area contributed by atoms with Crippen molar-refractivity contribution in [2.75, 3.05) is 40.9 Å². The summed E-state index contributed by atoms with van der Waals surface area (Å²) in [6.45, 7) is 5.70. The Hall–Kier alpha value is -1.95. The Balaban J connectivity index is 2.11.